The van der Waals surface area contributed by atoms with Gasteiger partial charge in [-0.15, -0.1) is 0 Å². The number of allylic oxidation sites excluding steroid dienone is 2. The number of aromatic nitrogens is 2. The van der Waals surface area contributed by atoms with Crippen LogP contribution in [0.1, 0.15) is 29.8 Å². The van der Waals surface area contributed by atoms with Crippen LogP contribution >= 0.6 is 0 Å². The fourth-order valence-electron chi connectivity index (χ4n) is 2.63. The lowest BCUT2D eigenvalue weighted by Crippen LogP contribution is -2.42. The smallest absolute Gasteiger partial charge is 0.273 e. The van der Waals surface area contributed by atoms with Crippen molar-refractivity contribution in [1.82, 2.24) is 21.0 Å². The molecular formula is C16H16N4O3. The van der Waals surface area contributed by atoms with Gasteiger partial charge in [-0.05, 0) is 24.8 Å². The molecule has 0 aliphatic heterocycles. The van der Waals surface area contributed by atoms with Gasteiger partial charge < -0.3 is 0 Å². The van der Waals surface area contributed by atoms with E-state index in [1.54, 1.807) is 24.3 Å². The van der Waals surface area contributed by atoms with E-state index in [1.165, 1.54) is 0 Å². The molecule has 1 heterocycles. The maximum absolute atomic E-state index is 12.2. The van der Waals surface area contributed by atoms with Crippen molar-refractivity contribution in [1.29, 1.82) is 0 Å². The second kappa shape index (κ2) is 6.43. The molecule has 2 aromatic rings. The summed E-state index contributed by atoms with van der Waals surface area (Å²) in [5, 5.41) is 6.86. The van der Waals surface area contributed by atoms with E-state index < -0.39 is 5.91 Å². The maximum Gasteiger partial charge on any atom is 0.290 e. The minimum absolute atomic E-state index is 0.0567. The standard InChI is InChI=1S/C16H16N4O3/c21-13(9-10-5-1-2-6-10)17-20-16(23)14-11-7-3-4-8-12(11)15(22)19-18-14/h1,3-5,7-8,10H,2,6,9H2,(H,17,21)(H,19,22)(H,20,23)/t10-/m0/s1. The maximum atomic E-state index is 12.2. The molecule has 0 spiro atoms. The van der Waals surface area contributed by atoms with Gasteiger partial charge in [-0.2, -0.15) is 5.10 Å². The SMILES string of the molecule is O=C(C[C@H]1C=CCC1)NNC(=O)c1n[nH]c(=O)c2ccccc12. The van der Waals surface area contributed by atoms with E-state index in [4.69, 9.17) is 0 Å². The summed E-state index contributed by atoms with van der Waals surface area (Å²) in [6.07, 6.45) is 6.33. The Kier molecular flexibility index (Phi) is 4.18. The average molecular weight is 312 g/mol. The van der Waals surface area contributed by atoms with Crippen LogP contribution in [0, 0.1) is 5.92 Å². The highest BCUT2D eigenvalue weighted by atomic mass is 16.2. The minimum Gasteiger partial charge on any atom is -0.273 e. The Bertz CT molecular complexity index is 841. The molecule has 0 unspecified atom stereocenters. The van der Waals surface area contributed by atoms with E-state index in [0.717, 1.165) is 12.8 Å². The molecule has 7 nitrogen and oxygen atoms in total. The Hall–Kier alpha value is -2.96. The van der Waals surface area contributed by atoms with Gasteiger partial charge in [-0.25, -0.2) is 5.10 Å². The van der Waals surface area contributed by atoms with Gasteiger partial charge in [-0.1, -0.05) is 30.4 Å². The molecule has 1 aromatic carbocycles. The molecular weight excluding hydrogens is 296 g/mol. The summed E-state index contributed by atoms with van der Waals surface area (Å²) < 4.78 is 0. The van der Waals surface area contributed by atoms with Crippen molar-refractivity contribution in [2.75, 3.05) is 0 Å². The van der Waals surface area contributed by atoms with Crippen molar-refractivity contribution >= 4 is 22.6 Å². The number of fused-ring (bicyclic) bond motifs is 1. The fourth-order valence-corrected chi connectivity index (χ4v) is 2.63. The first-order valence-corrected chi connectivity index (χ1v) is 7.38. The van der Waals surface area contributed by atoms with E-state index in [-0.39, 0.29) is 23.1 Å². The summed E-state index contributed by atoms with van der Waals surface area (Å²) >= 11 is 0. The lowest BCUT2D eigenvalue weighted by atomic mass is 10.1. The zero-order chi connectivity index (χ0) is 16.2. The third kappa shape index (κ3) is 3.28. The zero-order valence-corrected chi connectivity index (χ0v) is 12.3. The van der Waals surface area contributed by atoms with E-state index >= 15 is 0 Å². The summed E-state index contributed by atoms with van der Waals surface area (Å²) in [5.74, 6) is -0.615. The number of hydrogen-bond acceptors (Lipinski definition) is 4. The number of hydrogen-bond donors (Lipinski definition) is 3. The summed E-state index contributed by atoms with van der Waals surface area (Å²) in [5.41, 5.74) is 4.41. The Balaban J connectivity index is 1.69. The quantitative estimate of drug-likeness (QED) is 0.582. The van der Waals surface area contributed by atoms with E-state index in [2.05, 4.69) is 21.0 Å². The Morgan fingerprint density at radius 1 is 1.22 bits per heavy atom. The molecule has 1 atom stereocenters. The van der Waals surface area contributed by atoms with Crippen LogP contribution in [0.3, 0.4) is 0 Å². The van der Waals surface area contributed by atoms with Gasteiger partial charge in [0.1, 0.15) is 0 Å². The van der Waals surface area contributed by atoms with Gasteiger partial charge in [0.05, 0.1) is 5.39 Å². The van der Waals surface area contributed by atoms with Gasteiger partial charge >= 0.3 is 0 Å². The predicted octanol–water partition coefficient (Wildman–Crippen LogP) is 1.04. The normalized spacial score (nSPS) is 16.4. The molecule has 1 aromatic heterocycles. The second-order valence-electron chi connectivity index (χ2n) is 5.42. The lowest BCUT2D eigenvalue weighted by molar-refractivity contribution is -0.122. The van der Waals surface area contributed by atoms with E-state index in [9.17, 15) is 14.4 Å². The number of aromatic amines is 1. The molecule has 0 saturated carbocycles. The predicted molar refractivity (Wildman–Crippen MR) is 84.5 cm³/mol. The minimum atomic E-state index is -0.576. The number of nitrogens with one attached hydrogen (secondary N) is 3. The molecule has 0 fully saturated rings. The highest BCUT2D eigenvalue weighted by Gasteiger charge is 2.17. The number of amides is 2. The van der Waals surface area contributed by atoms with Crippen molar-refractivity contribution in [3.8, 4) is 0 Å². The first-order chi connectivity index (χ1) is 11.1. The highest BCUT2D eigenvalue weighted by Crippen LogP contribution is 2.19. The van der Waals surface area contributed by atoms with E-state index in [0.29, 0.717) is 17.2 Å². The fraction of sp³-hybridized carbons (Fsp3) is 0.250. The van der Waals surface area contributed by atoms with Gasteiger partial charge in [-0.3, -0.25) is 25.2 Å². The van der Waals surface area contributed by atoms with Crippen LogP contribution in [-0.4, -0.2) is 22.0 Å². The number of hydrazine groups is 1. The number of H-pyrrole nitrogens is 1. The third-order valence-corrected chi connectivity index (χ3v) is 3.79. The highest BCUT2D eigenvalue weighted by molar-refractivity contribution is 6.05. The summed E-state index contributed by atoms with van der Waals surface area (Å²) in [6.45, 7) is 0. The molecule has 0 bridgehead atoms. The van der Waals surface area contributed by atoms with Crippen molar-refractivity contribution in [2.45, 2.75) is 19.3 Å². The van der Waals surface area contributed by atoms with Crippen LogP contribution in [0.15, 0.2) is 41.2 Å². The van der Waals surface area contributed by atoms with Crippen molar-refractivity contribution in [3.05, 3.63) is 52.5 Å². The van der Waals surface area contributed by atoms with Crippen molar-refractivity contribution in [2.24, 2.45) is 5.92 Å². The second-order valence-corrected chi connectivity index (χ2v) is 5.42. The van der Waals surface area contributed by atoms with Gasteiger partial charge in [0.25, 0.3) is 11.5 Å². The number of benzene rings is 1. The third-order valence-electron chi connectivity index (χ3n) is 3.79. The Morgan fingerprint density at radius 2 is 2.00 bits per heavy atom. The number of nitrogens with zero attached hydrogens (tertiary/aromatic N) is 1. The van der Waals surface area contributed by atoms with Crippen LogP contribution in [0.25, 0.3) is 10.8 Å². The summed E-state index contributed by atoms with van der Waals surface area (Å²) in [6, 6.07) is 6.66. The summed E-state index contributed by atoms with van der Waals surface area (Å²) in [4.78, 5) is 35.7. The average Bonchev–Trinajstić information content (AvgIpc) is 3.06. The number of rotatable bonds is 3. The molecule has 3 rings (SSSR count). The first-order valence-electron chi connectivity index (χ1n) is 7.38. The molecule has 23 heavy (non-hydrogen) atoms. The topological polar surface area (TPSA) is 104 Å². The first kappa shape index (κ1) is 15.0. The number of carbonyl (C=O) groups is 2. The van der Waals surface area contributed by atoms with Gasteiger partial charge in [0, 0.05) is 11.8 Å². The molecule has 118 valence electrons. The lowest BCUT2D eigenvalue weighted by Gasteiger charge is -2.10. The Morgan fingerprint density at radius 3 is 2.74 bits per heavy atom. The van der Waals surface area contributed by atoms with Crippen LogP contribution in [-0.2, 0) is 4.79 Å². The Labute approximate surface area is 131 Å². The van der Waals surface area contributed by atoms with Gasteiger partial charge in [0.2, 0.25) is 5.91 Å². The molecule has 1 aliphatic rings. The zero-order valence-electron chi connectivity index (χ0n) is 12.3. The molecule has 2 amide bonds. The van der Waals surface area contributed by atoms with E-state index in [1.807, 2.05) is 12.2 Å². The molecule has 7 heteroatoms. The van der Waals surface area contributed by atoms with Crippen LogP contribution in [0.5, 0.6) is 0 Å². The van der Waals surface area contributed by atoms with Crippen molar-refractivity contribution < 1.29 is 9.59 Å². The molecule has 1 aliphatic carbocycles. The molecule has 0 radical (unpaired) electrons. The van der Waals surface area contributed by atoms with Crippen LogP contribution in [0.4, 0.5) is 0 Å². The van der Waals surface area contributed by atoms with Crippen LogP contribution in [0.2, 0.25) is 0 Å². The molecule has 0 saturated heterocycles. The van der Waals surface area contributed by atoms with Gasteiger partial charge in [0.15, 0.2) is 5.69 Å². The monoisotopic (exact) mass is 312 g/mol. The van der Waals surface area contributed by atoms with Crippen LogP contribution < -0.4 is 16.4 Å². The van der Waals surface area contributed by atoms with Crippen molar-refractivity contribution in [3.63, 3.8) is 0 Å². The summed E-state index contributed by atoms with van der Waals surface area (Å²) in [7, 11) is 0. The molecule has 3 N–H and O–H groups in total. The largest absolute Gasteiger partial charge is 0.290 e. The number of carbonyl (C=O) groups excluding carboxylic acids is 2.